The minimum absolute atomic E-state index is 0.580. The van der Waals surface area contributed by atoms with Crippen molar-refractivity contribution in [2.75, 3.05) is 0 Å². The maximum atomic E-state index is 5.12. The molecule has 0 saturated carbocycles. The smallest absolute Gasteiger partial charge is 0.238 e. The third kappa shape index (κ3) is 5.47. The van der Waals surface area contributed by atoms with Gasteiger partial charge in [-0.3, -0.25) is 4.57 Å². The first-order valence-electron chi connectivity index (χ1n) is 19.6. The molecule has 0 aliphatic heterocycles. The molecule has 4 aromatic heterocycles. The Labute approximate surface area is 343 Å². The largest absolute Gasteiger partial charge is 0.308 e. The predicted molar refractivity (Wildman–Crippen MR) is 243 cm³/mol. The van der Waals surface area contributed by atoms with Crippen LogP contribution < -0.4 is 0 Å². The van der Waals surface area contributed by atoms with Crippen LogP contribution in [0.15, 0.2) is 194 Å². The highest BCUT2D eigenvalue weighted by Gasteiger charge is 2.21. The number of thiazole rings is 1. The van der Waals surface area contributed by atoms with Crippen LogP contribution in [0.1, 0.15) is 0 Å². The van der Waals surface area contributed by atoms with Gasteiger partial charge >= 0.3 is 0 Å². The van der Waals surface area contributed by atoms with Crippen molar-refractivity contribution in [3.8, 4) is 56.1 Å². The minimum atomic E-state index is 0.580. The molecule has 6 nitrogen and oxygen atoms in total. The Morgan fingerprint density at radius 2 is 0.881 bits per heavy atom. The van der Waals surface area contributed by atoms with Gasteiger partial charge in [-0.1, -0.05) is 140 Å². The van der Waals surface area contributed by atoms with Crippen molar-refractivity contribution in [1.29, 1.82) is 0 Å². The molecule has 8 aromatic carbocycles. The van der Waals surface area contributed by atoms with Gasteiger partial charge in [0.1, 0.15) is 5.01 Å². The van der Waals surface area contributed by atoms with E-state index in [2.05, 4.69) is 137 Å². The summed E-state index contributed by atoms with van der Waals surface area (Å²) in [4.78, 5) is 20.3. The topological polar surface area (TPSA) is 61.4 Å². The summed E-state index contributed by atoms with van der Waals surface area (Å²) in [6.07, 6.45) is 0. The molecule has 276 valence electrons. The number of benzene rings is 8. The molecular formula is C52H32N6S. The third-order valence-corrected chi connectivity index (χ3v) is 12.3. The third-order valence-electron chi connectivity index (χ3n) is 11.2. The molecule has 4 heterocycles. The fourth-order valence-electron chi connectivity index (χ4n) is 8.48. The van der Waals surface area contributed by atoms with E-state index in [9.17, 15) is 0 Å². The van der Waals surface area contributed by atoms with E-state index in [-0.39, 0.29) is 0 Å². The van der Waals surface area contributed by atoms with Crippen LogP contribution in [0.5, 0.6) is 0 Å². The second-order valence-electron chi connectivity index (χ2n) is 14.7. The summed E-state index contributed by atoms with van der Waals surface area (Å²) in [5, 5.41) is 5.70. The monoisotopic (exact) mass is 772 g/mol. The van der Waals surface area contributed by atoms with Gasteiger partial charge in [0.15, 0.2) is 11.6 Å². The summed E-state index contributed by atoms with van der Waals surface area (Å²) in [6.45, 7) is 0. The van der Waals surface area contributed by atoms with Crippen molar-refractivity contribution in [3.63, 3.8) is 0 Å². The highest BCUT2D eigenvalue weighted by molar-refractivity contribution is 7.22. The maximum absolute atomic E-state index is 5.12. The summed E-state index contributed by atoms with van der Waals surface area (Å²) in [7, 11) is 0. The van der Waals surface area contributed by atoms with Gasteiger partial charge in [0, 0.05) is 43.9 Å². The number of rotatable bonds is 6. The summed E-state index contributed by atoms with van der Waals surface area (Å²) in [6, 6.07) is 68.0. The number of hydrogen-bond acceptors (Lipinski definition) is 5. The molecule has 0 saturated heterocycles. The Hall–Kier alpha value is -7.74. The zero-order valence-corrected chi connectivity index (χ0v) is 32.4. The lowest BCUT2D eigenvalue weighted by Gasteiger charge is -2.11. The Kier molecular flexibility index (Phi) is 7.61. The molecular weight excluding hydrogens is 741 g/mol. The lowest BCUT2D eigenvalue weighted by atomic mass is 10.0. The minimum Gasteiger partial charge on any atom is -0.308 e. The van der Waals surface area contributed by atoms with Crippen LogP contribution in [0.25, 0.3) is 110 Å². The van der Waals surface area contributed by atoms with Gasteiger partial charge in [-0.2, -0.15) is 9.97 Å². The second kappa shape index (κ2) is 13.4. The van der Waals surface area contributed by atoms with Crippen LogP contribution in [-0.4, -0.2) is 29.1 Å². The van der Waals surface area contributed by atoms with Gasteiger partial charge in [0.25, 0.3) is 0 Å². The van der Waals surface area contributed by atoms with Gasteiger partial charge in [0.2, 0.25) is 5.95 Å². The van der Waals surface area contributed by atoms with E-state index in [1.54, 1.807) is 11.3 Å². The lowest BCUT2D eigenvalue weighted by molar-refractivity contribution is 0.953. The predicted octanol–water partition coefficient (Wildman–Crippen LogP) is 13.3. The van der Waals surface area contributed by atoms with Crippen molar-refractivity contribution >= 4 is 65.2 Å². The molecule has 0 aliphatic carbocycles. The first kappa shape index (κ1) is 33.4. The van der Waals surface area contributed by atoms with Crippen LogP contribution in [0, 0.1) is 0 Å². The fourth-order valence-corrected chi connectivity index (χ4v) is 9.59. The highest BCUT2D eigenvalue weighted by Crippen LogP contribution is 2.43. The van der Waals surface area contributed by atoms with E-state index in [4.69, 9.17) is 19.9 Å². The molecule has 0 amide bonds. The standard InChI is InChI=1S/C52H32N6S/c1-5-15-33(16-6-1)49-54-50(34-17-7-2-8-18-34)56-52(55-49)58-44-24-14-13-23-39(44)41-31-36(26-30-46(41)58)37-25-29-45-42(32-37)40-27-28-43-48(47(40)57(45)38-21-11-4-12-22-38)59-51(53-43)35-19-9-3-10-20-35/h1-32H. The molecule has 0 aliphatic rings. The molecule has 59 heavy (non-hydrogen) atoms. The Morgan fingerprint density at radius 1 is 0.356 bits per heavy atom. The Morgan fingerprint density at radius 3 is 1.53 bits per heavy atom. The fraction of sp³-hybridized carbons (Fsp3) is 0. The number of nitrogens with zero attached hydrogens (tertiary/aromatic N) is 6. The molecule has 12 aromatic rings. The SMILES string of the molecule is c1ccc(-c2nc(-c3ccccc3)nc(-n3c4ccccc4c4cc(-c5ccc6c(c5)c5ccc7nc(-c8ccccc8)sc7c5n6-c5ccccc5)ccc43)n2)cc1. The number of aromatic nitrogens is 6. The van der Waals surface area contributed by atoms with Crippen LogP contribution in [0.4, 0.5) is 0 Å². The summed E-state index contributed by atoms with van der Waals surface area (Å²) in [5.74, 6) is 1.84. The van der Waals surface area contributed by atoms with Crippen LogP contribution in [0.3, 0.4) is 0 Å². The van der Waals surface area contributed by atoms with Gasteiger partial charge < -0.3 is 4.57 Å². The van der Waals surface area contributed by atoms with Gasteiger partial charge in [0.05, 0.1) is 32.3 Å². The average molecular weight is 773 g/mol. The number of fused-ring (bicyclic) bond motifs is 8. The van der Waals surface area contributed by atoms with E-state index in [1.165, 1.54) is 21.0 Å². The van der Waals surface area contributed by atoms with Gasteiger partial charge in [-0.05, 0) is 65.7 Å². The molecule has 0 spiro atoms. The zero-order chi connectivity index (χ0) is 38.9. The van der Waals surface area contributed by atoms with Crippen LogP contribution in [0.2, 0.25) is 0 Å². The molecule has 7 heteroatoms. The van der Waals surface area contributed by atoms with E-state index in [0.29, 0.717) is 17.6 Å². The van der Waals surface area contributed by atoms with Crippen molar-refractivity contribution < 1.29 is 0 Å². The maximum Gasteiger partial charge on any atom is 0.238 e. The molecule has 0 unspecified atom stereocenters. The van der Waals surface area contributed by atoms with E-state index in [0.717, 1.165) is 71.4 Å². The molecule has 0 fully saturated rings. The first-order valence-corrected chi connectivity index (χ1v) is 20.5. The number of para-hydroxylation sites is 2. The van der Waals surface area contributed by atoms with E-state index >= 15 is 0 Å². The van der Waals surface area contributed by atoms with Gasteiger partial charge in [-0.25, -0.2) is 9.97 Å². The van der Waals surface area contributed by atoms with Gasteiger partial charge in [-0.15, -0.1) is 11.3 Å². The van der Waals surface area contributed by atoms with E-state index < -0.39 is 0 Å². The van der Waals surface area contributed by atoms with Crippen molar-refractivity contribution in [2.24, 2.45) is 0 Å². The summed E-state index contributed by atoms with van der Waals surface area (Å²) >= 11 is 1.76. The van der Waals surface area contributed by atoms with E-state index in [1.807, 2.05) is 66.7 Å². The molecule has 0 N–H and O–H groups in total. The van der Waals surface area contributed by atoms with Crippen molar-refractivity contribution in [2.45, 2.75) is 0 Å². The average Bonchev–Trinajstić information content (AvgIpc) is 4.00. The molecule has 12 rings (SSSR count). The Bertz CT molecular complexity index is 3480. The van der Waals surface area contributed by atoms with Crippen LogP contribution >= 0.6 is 11.3 Å². The van der Waals surface area contributed by atoms with Crippen molar-refractivity contribution in [1.82, 2.24) is 29.1 Å². The molecule has 0 radical (unpaired) electrons. The molecule has 0 bridgehead atoms. The summed E-state index contributed by atoms with van der Waals surface area (Å²) in [5.41, 5.74) is 11.8. The first-order chi connectivity index (χ1) is 29.2. The molecule has 0 atom stereocenters. The normalized spacial score (nSPS) is 11.7. The summed E-state index contributed by atoms with van der Waals surface area (Å²) < 4.78 is 5.76. The quantitative estimate of drug-likeness (QED) is 0.169. The van der Waals surface area contributed by atoms with Crippen molar-refractivity contribution in [3.05, 3.63) is 194 Å². The van der Waals surface area contributed by atoms with Crippen LogP contribution in [-0.2, 0) is 0 Å². The Balaban J connectivity index is 1.05. The number of hydrogen-bond donors (Lipinski definition) is 0. The highest BCUT2D eigenvalue weighted by atomic mass is 32.1. The zero-order valence-electron chi connectivity index (χ0n) is 31.6. The second-order valence-corrected chi connectivity index (χ2v) is 15.7. The lowest BCUT2D eigenvalue weighted by Crippen LogP contribution is -2.06.